The van der Waals surface area contributed by atoms with Gasteiger partial charge in [0.2, 0.25) is 5.91 Å². The maximum Gasteiger partial charge on any atom is 0.222 e. The van der Waals surface area contributed by atoms with Gasteiger partial charge in [-0.1, -0.05) is 19.3 Å². The molecule has 1 N–H and O–H groups in total. The lowest BCUT2D eigenvalue weighted by Gasteiger charge is -2.28. The third-order valence-electron chi connectivity index (χ3n) is 4.07. The van der Waals surface area contributed by atoms with Gasteiger partial charge in [-0.15, -0.1) is 0 Å². The largest absolute Gasteiger partial charge is 0.343 e. The van der Waals surface area contributed by atoms with Crippen LogP contribution in [0.25, 0.3) is 0 Å². The standard InChI is InChI=1S/C14H26N2O/c17-14(11-13-7-6-8-15-12-13)16-9-4-2-1-3-5-10-16/h13,15H,1-12H2. The van der Waals surface area contributed by atoms with Crippen molar-refractivity contribution in [3.05, 3.63) is 0 Å². The predicted molar refractivity (Wildman–Crippen MR) is 69.9 cm³/mol. The molecular formula is C14H26N2O. The first kappa shape index (κ1) is 12.9. The molecule has 2 rings (SSSR count). The highest BCUT2D eigenvalue weighted by atomic mass is 16.2. The van der Waals surface area contributed by atoms with E-state index in [0.29, 0.717) is 11.8 Å². The molecule has 3 heteroatoms. The van der Waals surface area contributed by atoms with Crippen molar-refractivity contribution in [3.63, 3.8) is 0 Å². The second kappa shape index (κ2) is 7.00. The first-order valence-corrected chi connectivity index (χ1v) is 7.35. The molecule has 0 aromatic heterocycles. The first-order chi connectivity index (χ1) is 8.36. The molecule has 0 aliphatic carbocycles. The third kappa shape index (κ3) is 4.30. The van der Waals surface area contributed by atoms with Gasteiger partial charge in [0.15, 0.2) is 0 Å². The van der Waals surface area contributed by atoms with Gasteiger partial charge in [-0.05, 0) is 44.7 Å². The second-order valence-electron chi connectivity index (χ2n) is 5.57. The number of rotatable bonds is 2. The fourth-order valence-corrected chi connectivity index (χ4v) is 2.97. The minimum Gasteiger partial charge on any atom is -0.343 e. The van der Waals surface area contributed by atoms with E-state index in [1.807, 2.05) is 0 Å². The molecule has 2 fully saturated rings. The summed E-state index contributed by atoms with van der Waals surface area (Å²) in [6.45, 7) is 4.17. The zero-order valence-corrected chi connectivity index (χ0v) is 10.9. The van der Waals surface area contributed by atoms with Crippen LogP contribution in [0.1, 0.15) is 51.4 Å². The van der Waals surface area contributed by atoms with Gasteiger partial charge in [0, 0.05) is 19.5 Å². The average Bonchev–Trinajstić information content (AvgIpc) is 2.29. The molecule has 1 atom stereocenters. The Morgan fingerprint density at radius 3 is 2.41 bits per heavy atom. The quantitative estimate of drug-likeness (QED) is 0.799. The summed E-state index contributed by atoms with van der Waals surface area (Å²) in [6, 6.07) is 0. The van der Waals surface area contributed by atoms with Gasteiger partial charge in [-0.3, -0.25) is 4.79 Å². The number of carbonyl (C=O) groups excluding carboxylic acids is 1. The third-order valence-corrected chi connectivity index (χ3v) is 4.07. The molecule has 17 heavy (non-hydrogen) atoms. The van der Waals surface area contributed by atoms with Crippen LogP contribution in [-0.4, -0.2) is 37.0 Å². The molecule has 0 saturated carbocycles. The Kier molecular flexibility index (Phi) is 5.30. The van der Waals surface area contributed by atoms with Gasteiger partial charge in [0.1, 0.15) is 0 Å². The topological polar surface area (TPSA) is 32.3 Å². The van der Waals surface area contributed by atoms with Gasteiger partial charge in [-0.2, -0.15) is 0 Å². The van der Waals surface area contributed by atoms with Gasteiger partial charge < -0.3 is 10.2 Å². The molecule has 0 bridgehead atoms. The second-order valence-corrected chi connectivity index (χ2v) is 5.57. The van der Waals surface area contributed by atoms with Crippen LogP contribution in [0, 0.1) is 5.92 Å². The number of likely N-dealkylation sites (tertiary alicyclic amines) is 1. The average molecular weight is 238 g/mol. The van der Waals surface area contributed by atoms with Gasteiger partial charge in [0.25, 0.3) is 0 Å². The summed E-state index contributed by atoms with van der Waals surface area (Å²) < 4.78 is 0. The number of amides is 1. The van der Waals surface area contributed by atoms with Gasteiger partial charge in [0.05, 0.1) is 0 Å². The van der Waals surface area contributed by atoms with Crippen molar-refractivity contribution < 1.29 is 4.79 Å². The smallest absolute Gasteiger partial charge is 0.222 e. The minimum atomic E-state index is 0.403. The Morgan fingerprint density at radius 1 is 1.06 bits per heavy atom. The van der Waals surface area contributed by atoms with E-state index in [0.717, 1.165) is 32.6 Å². The van der Waals surface area contributed by atoms with Crippen LogP contribution in [0.3, 0.4) is 0 Å². The summed E-state index contributed by atoms with van der Waals surface area (Å²) in [7, 11) is 0. The summed E-state index contributed by atoms with van der Waals surface area (Å²) >= 11 is 0. The van der Waals surface area contributed by atoms with Crippen molar-refractivity contribution in [2.75, 3.05) is 26.2 Å². The highest BCUT2D eigenvalue weighted by Crippen LogP contribution is 2.17. The van der Waals surface area contributed by atoms with E-state index in [1.54, 1.807) is 0 Å². The molecule has 2 aliphatic rings. The van der Waals surface area contributed by atoms with Gasteiger partial charge >= 0.3 is 0 Å². The number of hydrogen-bond acceptors (Lipinski definition) is 2. The van der Waals surface area contributed by atoms with Gasteiger partial charge in [-0.25, -0.2) is 0 Å². The lowest BCUT2D eigenvalue weighted by atomic mass is 9.95. The Hall–Kier alpha value is -0.570. The van der Waals surface area contributed by atoms with Crippen LogP contribution in [-0.2, 0) is 4.79 Å². The van der Waals surface area contributed by atoms with Crippen molar-refractivity contribution in [3.8, 4) is 0 Å². The van der Waals surface area contributed by atoms with E-state index >= 15 is 0 Å². The lowest BCUT2D eigenvalue weighted by molar-refractivity contribution is -0.132. The summed E-state index contributed by atoms with van der Waals surface area (Å²) in [4.78, 5) is 14.3. The minimum absolute atomic E-state index is 0.403. The maximum absolute atomic E-state index is 12.2. The van der Waals surface area contributed by atoms with Crippen molar-refractivity contribution in [1.29, 1.82) is 0 Å². The first-order valence-electron chi connectivity index (χ1n) is 7.35. The molecule has 2 aliphatic heterocycles. The van der Waals surface area contributed by atoms with Crippen LogP contribution >= 0.6 is 0 Å². The molecular weight excluding hydrogens is 212 g/mol. The van der Waals surface area contributed by atoms with E-state index in [9.17, 15) is 4.79 Å². The highest BCUT2D eigenvalue weighted by Gasteiger charge is 2.21. The molecule has 1 unspecified atom stereocenters. The zero-order valence-electron chi connectivity index (χ0n) is 10.9. The lowest BCUT2D eigenvalue weighted by Crippen LogP contribution is -2.38. The van der Waals surface area contributed by atoms with E-state index < -0.39 is 0 Å². The van der Waals surface area contributed by atoms with E-state index in [4.69, 9.17) is 0 Å². The van der Waals surface area contributed by atoms with E-state index in [2.05, 4.69) is 10.2 Å². The molecule has 0 aromatic rings. The predicted octanol–water partition coefficient (Wildman–Crippen LogP) is 2.17. The van der Waals surface area contributed by atoms with Crippen molar-refractivity contribution in [2.45, 2.75) is 51.4 Å². The van der Waals surface area contributed by atoms with Crippen molar-refractivity contribution in [2.24, 2.45) is 5.92 Å². The summed E-state index contributed by atoms with van der Waals surface area (Å²) in [5.74, 6) is 0.988. The molecule has 2 saturated heterocycles. The fraction of sp³-hybridized carbons (Fsp3) is 0.929. The van der Waals surface area contributed by atoms with Crippen LogP contribution < -0.4 is 5.32 Å². The van der Waals surface area contributed by atoms with Crippen LogP contribution in [0.2, 0.25) is 0 Å². The number of nitrogens with zero attached hydrogens (tertiary/aromatic N) is 1. The normalized spacial score (nSPS) is 27.3. The zero-order chi connectivity index (χ0) is 11.9. The SMILES string of the molecule is O=C(CC1CCCNC1)N1CCCCCCC1. The molecule has 98 valence electrons. The Labute approximate surface area is 105 Å². The molecule has 0 radical (unpaired) electrons. The Bertz CT molecular complexity index is 228. The molecule has 3 nitrogen and oxygen atoms in total. The summed E-state index contributed by atoms with van der Waals surface area (Å²) in [5, 5.41) is 3.39. The van der Waals surface area contributed by atoms with Crippen LogP contribution in [0.5, 0.6) is 0 Å². The van der Waals surface area contributed by atoms with E-state index in [-0.39, 0.29) is 0 Å². The summed E-state index contributed by atoms with van der Waals surface area (Å²) in [5.41, 5.74) is 0. The van der Waals surface area contributed by atoms with E-state index in [1.165, 1.54) is 44.9 Å². The molecule has 0 aromatic carbocycles. The van der Waals surface area contributed by atoms with Crippen molar-refractivity contribution >= 4 is 5.91 Å². The van der Waals surface area contributed by atoms with Crippen molar-refractivity contribution in [1.82, 2.24) is 10.2 Å². The monoisotopic (exact) mass is 238 g/mol. The summed E-state index contributed by atoms with van der Waals surface area (Å²) in [6.07, 6.45) is 9.60. The molecule has 0 spiro atoms. The maximum atomic E-state index is 12.2. The number of carbonyl (C=O) groups is 1. The highest BCUT2D eigenvalue weighted by molar-refractivity contribution is 5.76. The fourth-order valence-electron chi connectivity index (χ4n) is 2.97. The Balaban J connectivity index is 1.76. The molecule has 1 amide bonds. The number of hydrogen-bond donors (Lipinski definition) is 1. The van der Waals surface area contributed by atoms with Crippen LogP contribution in [0.4, 0.5) is 0 Å². The number of nitrogens with one attached hydrogen (secondary N) is 1. The van der Waals surface area contributed by atoms with Crippen LogP contribution in [0.15, 0.2) is 0 Å². The number of piperidine rings is 1. The Morgan fingerprint density at radius 2 is 1.76 bits per heavy atom. The molecule has 2 heterocycles.